The fraction of sp³-hybridized carbons (Fsp3) is 0.875. The molecule has 0 radical (unpaired) electrons. The summed E-state index contributed by atoms with van der Waals surface area (Å²) in [6.07, 6.45) is 0.444. The summed E-state index contributed by atoms with van der Waals surface area (Å²) in [6.45, 7) is 2.47. The Morgan fingerprint density at radius 2 is 2.33 bits per heavy atom. The lowest BCUT2D eigenvalue weighted by atomic mass is 9.90. The Labute approximate surface area is 77.2 Å². The van der Waals surface area contributed by atoms with E-state index in [9.17, 15) is 0 Å². The van der Waals surface area contributed by atoms with E-state index < -0.39 is 0 Å². The van der Waals surface area contributed by atoms with E-state index >= 15 is 0 Å². The van der Waals surface area contributed by atoms with Crippen LogP contribution in [0.5, 0.6) is 0 Å². The van der Waals surface area contributed by atoms with Crippen LogP contribution in [-0.2, 0) is 9.47 Å². The lowest BCUT2D eigenvalue weighted by Gasteiger charge is -2.39. The minimum atomic E-state index is 0.0248. The highest BCUT2D eigenvalue weighted by Crippen LogP contribution is 2.29. The van der Waals surface area contributed by atoms with Crippen LogP contribution in [0.3, 0.4) is 0 Å². The SMILES string of the molecule is N#CCCOCC1(CCl)COC1. The summed E-state index contributed by atoms with van der Waals surface area (Å²) in [7, 11) is 0. The van der Waals surface area contributed by atoms with Crippen molar-refractivity contribution < 1.29 is 9.47 Å². The zero-order valence-electron chi connectivity index (χ0n) is 6.88. The quantitative estimate of drug-likeness (QED) is 0.482. The van der Waals surface area contributed by atoms with Gasteiger partial charge in [-0.1, -0.05) is 0 Å². The van der Waals surface area contributed by atoms with Crippen LogP contribution in [0.2, 0.25) is 0 Å². The largest absolute Gasteiger partial charge is 0.380 e. The van der Waals surface area contributed by atoms with E-state index in [0.717, 1.165) is 0 Å². The molecule has 0 atom stereocenters. The predicted octanol–water partition coefficient (Wildman–Crippen LogP) is 1.17. The molecule has 0 unspecified atom stereocenters. The van der Waals surface area contributed by atoms with Gasteiger partial charge in [-0.2, -0.15) is 5.26 Å². The molecule has 0 amide bonds. The molecule has 0 aromatic rings. The normalized spacial score (nSPS) is 19.7. The molecule has 0 N–H and O–H groups in total. The average Bonchev–Trinajstić information content (AvgIpc) is 2.02. The van der Waals surface area contributed by atoms with E-state index in [-0.39, 0.29) is 5.41 Å². The maximum absolute atomic E-state index is 8.24. The van der Waals surface area contributed by atoms with Crippen molar-refractivity contribution in [3.05, 3.63) is 0 Å². The van der Waals surface area contributed by atoms with Gasteiger partial charge in [0, 0.05) is 5.88 Å². The maximum Gasteiger partial charge on any atom is 0.0645 e. The number of halogens is 1. The number of hydrogen-bond acceptors (Lipinski definition) is 3. The molecule has 0 spiro atoms. The molecule has 0 saturated carbocycles. The first-order chi connectivity index (χ1) is 5.83. The number of rotatable bonds is 5. The van der Waals surface area contributed by atoms with Crippen molar-refractivity contribution in [1.29, 1.82) is 5.26 Å². The van der Waals surface area contributed by atoms with E-state index in [2.05, 4.69) is 0 Å². The number of ether oxygens (including phenoxy) is 2. The smallest absolute Gasteiger partial charge is 0.0645 e. The van der Waals surface area contributed by atoms with Gasteiger partial charge in [0.25, 0.3) is 0 Å². The molecule has 1 fully saturated rings. The van der Waals surface area contributed by atoms with Crippen LogP contribution in [0.4, 0.5) is 0 Å². The first-order valence-corrected chi connectivity index (χ1v) is 4.45. The summed E-state index contributed by atoms with van der Waals surface area (Å²) in [5.74, 6) is 0.569. The van der Waals surface area contributed by atoms with Crippen LogP contribution in [-0.4, -0.2) is 32.3 Å². The molecule has 0 aromatic heterocycles. The predicted molar refractivity (Wildman–Crippen MR) is 45.0 cm³/mol. The molecule has 68 valence electrons. The second-order valence-corrected chi connectivity index (χ2v) is 3.35. The van der Waals surface area contributed by atoms with Gasteiger partial charge >= 0.3 is 0 Å². The summed E-state index contributed by atoms with van der Waals surface area (Å²) in [5.41, 5.74) is 0.0248. The topological polar surface area (TPSA) is 42.2 Å². The summed E-state index contributed by atoms with van der Waals surface area (Å²) in [5, 5.41) is 8.24. The highest BCUT2D eigenvalue weighted by Gasteiger charge is 2.37. The molecular formula is C8H12ClNO2. The van der Waals surface area contributed by atoms with Crippen molar-refractivity contribution >= 4 is 11.6 Å². The average molecular weight is 190 g/mol. The molecule has 1 heterocycles. The van der Waals surface area contributed by atoms with Crippen LogP contribution in [0.15, 0.2) is 0 Å². The van der Waals surface area contributed by atoms with E-state index in [4.69, 9.17) is 26.3 Å². The Bertz CT molecular complexity index is 169. The third kappa shape index (κ3) is 2.34. The molecule has 0 aromatic carbocycles. The van der Waals surface area contributed by atoms with E-state index in [0.29, 0.717) is 38.7 Å². The van der Waals surface area contributed by atoms with Crippen molar-refractivity contribution in [3.63, 3.8) is 0 Å². The number of alkyl halides is 1. The van der Waals surface area contributed by atoms with Gasteiger partial charge in [0.2, 0.25) is 0 Å². The first-order valence-electron chi connectivity index (χ1n) is 3.91. The standard InChI is InChI=1S/C8H12ClNO2/c9-4-8(6-12-7-8)5-11-3-1-2-10/h1,3-7H2. The van der Waals surface area contributed by atoms with Crippen molar-refractivity contribution in [2.24, 2.45) is 5.41 Å². The van der Waals surface area contributed by atoms with Gasteiger partial charge in [0.05, 0.1) is 44.3 Å². The Balaban J connectivity index is 2.09. The van der Waals surface area contributed by atoms with E-state index in [1.54, 1.807) is 0 Å². The lowest BCUT2D eigenvalue weighted by molar-refractivity contribution is -0.135. The number of nitriles is 1. The highest BCUT2D eigenvalue weighted by molar-refractivity contribution is 6.18. The fourth-order valence-electron chi connectivity index (χ4n) is 0.996. The molecule has 0 bridgehead atoms. The third-order valence-electron chi connectivity index (χ3n) is 1.87. The van der Waals surface area contributed by atoms with Crippen molar-refractivity contribution in [2.75, 3.05) is 32.3 Å². The van der Waals surface area contributed by atoms with E-state index in [1.807, 2.05) is 6.07 Å². The van der Waals surface area contributed by atoms with Crippen LogP contribution in [0, 0.1) is 16.7 Å². The summed E-state index contributed by atoms with van der Waals surface area (Å²) in [6, 6.07) is 2.02. The van der Waals surface area contributed by atoms with Crippen molar-refractivity contribution in [1.82, 2.24) is 0 Å². The molecule has 0 aliphatic carbocycles. The Kier molecular flexibility index (Phi) is 3.80. The third-order valence-corrected chi connectivity index (χ3v) is 2.43. The molecule has 12 heavy (non-hydrogen) atoms. The highest BCUT2D eigenvalue weighted by atomic mass is 35.5. The van der Waals surface area contributed by atoms with Gasteiger partial charge in [-0.15, -0.1) is 11.6 Å². The fourth-order valence-corrected chi connectivity index (χ4v) is 1.23. The molecule has 3 nitrogen and oxygen atoms in total. The Hall–Kier alpha value is -0.300. The Morgan fingerprint density at radius 3 is 2.75 bits per heavy atom. The summed E-state index contributed by atoms with van der Waals surface area (Å²) in [4.78, 5) is 0. The van der Waals surface area contributed by atoms with Gasteiger partial charge in [-0.3, -0.25) is 0 Å². The minimum Gasteiger partial charge on any atom is -0.380 e. The summed E-state index contributed by atoms with van der Waals surface area (Å²) >= 11 is 5.75. The van der Waals surface area contributed by atoms with Gasteiger partial charge in [0.15, 0.2) is 0 Å². The molecule has 1 aliphatic rings. The zero-order valence-corrected chi connectivity index (χ0v) is 7.64. The van der Waals surface area contributed by atoms with Crippen LogP contribution in [0.25, 0.3) is 0 Å². The molecule has 1 saturated heterocycles. The van der Waals surface area contributed by atoms with Crippen molar-refractivity contribution in [2.45, 2.75) is 6.42 Å². The minimum absolute atomic E-state index is 0.0248. The number of nitrogens with zero attached hydrogens (tertiary/aromatic N) is 1. The zero-order chi connectivity index (χ0) is 8.86. The molecule has 1 aliphatic heterocycles. The van der Waals surface area contributed by atoms with E-state index in [1.165, 1.54) is 0 Å². The van der Waals surface area contributed by atoms with Crippen LogP contribution < -0.4 is 0 Å². The number of hydrogen-bond donors (Lipinski definition) is 0. The second-order valence-electron chi connectivity index (χ2n) is 3.09. The second kappa shape index (κ2) is 4.66. The van der Waals surface area contributed by atoms with Crippen molar-refractivity contribution in [3.8, 4) is 6.07 Å². The van der Waals surface area contributed by atoms with Crippen LogP contribution in [0.1, 0.15) is 6.42 Å². The maximum atomic E-state index is 8.24. The van der Waals surface area contributed by atoms with Gasteiger partial charge < -0.3 is 9.47 Å². The molecule has 1 rings (SSSR count). The van der Waals surface area contributed by atoms with Gasteiger partial charge in [0.1, 0.15) is 0 Å². The summed E-state index contributed by atoms with van der Waals surface area (Å²) < 4.78 is 10.3. The van der Waals surface area contributed by atoms with Crippen LogP contribution >= 0.6 is 11.6 Å². The molecule has 4 heteroatoms. The van der Waals surface area contributed by atoms with Gasteiger partial charge in [-0.25, -0.2) is 0 Å². The Morgan fingerprint density at radius 1 is 1.58 bits per heavy atom. The first kappa shape index (κ1) is 9.79. The molecular weight excluding hydrogens is 178 g/mol. The monoisotopic (exact) mass is 189 g/mol. The van der Waals surface area contributed by atoms with Gasteiger partial charge in [-0.05, 0) is 0 Å². The lowest BCUT2D eigenvalue weighted by Crippen LogP contribution is -2.47.